The van der Waals surface area contributed by atoms with Crippen LogP contribution in [-0.4, -0.2) is 34.8 Å². The molecule has 0 aliphatic carbocycles. The SMILES string of the molecule is COc1ccccc1-c1n[nH]c(CNC(=O)c2cccc(F)c2OC(F)F)n1. The van der Waals surface area contributed by atoms with Crippen LogP contribution in [0.5, 0.6) is 11.5 Å². The third-order valence-corrected chi connectivity index (χ3v) is 3.71. The lowest BCUT2D eigenvalue weighted by molar-refractivity contribution is -0.0525. The first-order valence-corrected chi connectivity index (χ1v) is 8.05. The highest BCUT2D eigenvalue weighted by Crippen LogP contribution is 2.27. The summed E-state index contributed by atoms with van der Waals surface area (Å²) in [5, 5.41) is 9.18. The third kappa shape index (κ3) is 4.22. The Bertz CT molecular complexity index is 978. The number of aromatic amines is 1. The van der Waals surface area contributed by atoms with E-state index in [0.717, 1.165) is 6.07 Å². The van der Waals surface area contributed by atoms with Gasteiger partial charge in [0.15, 0.2) is 17.4 Å². The van der Waals surface area contributed by atoms with E-state index < -0.39 is 24.1 Å². The van der Waals surface area contributed by atoms with E-state index in [1.165, 1.54) is 19.2 Å². The molecule has 3 rings (SSSR count). The van der Waals surface area contributed by atoms with Crippen molar-refractivity contribution in [2.75, 3.05) is 7.11 Å². The topological polar surface area (TPSA) is 89.1 Å². The molecular formula is C18H15F3N4O3. The number of carbonyl (C=O) groups excluding carboxylic acids is 1. The maximum absolute atomic E-state index is 13.7. The highest BCUT2D eigenvalue weighted by atomic mass is 19.3. The minimum atomic E-state index is -3.26. The number of nitrogens with one attached hydrogen (secondary N) is 2. The zero-order valence-corrected chi connectivity index (χ0v) is 14.6. The van der Waals surface area contributed by atoms with Crippen molar-refractivity contribution < 1.29 is 27.4 Å². The largest absolute Gasteiger partial charge is 0.496 e. The van der Waals surface area contributed by atoms with Gasteiger partial charge < -0.3 is 14.8 Å². The second-order valence-corrected chi connectivity index (χ2v) is 5.48. The quantitative estimate of drug-likeness (QED) is 0.645. The van der Waals surface area contributed by atoms with Crippen molar-refractivity contribution in [1.82, 2.24) is 20.5 Å². The predicted octanol–water partition coefficient (Wildman–Crippen LogP) is 3.15. The molecule has 0 fully saturated rings. The number of rotatable bonds is 7. The van der Waals surface area contributed by atoms with Crippen molar-refractivity contribution in [3.05, 3.63) is 59.7 Å². The molecular weight excluding hydrogens is 377 g/mol. The minimum Gasteiger partial charge on any atom is -0.496 e. The summed E-state index contributed by atoms with van der Waals surface area (Å²) >= 11 is 0. The van der Waals surface area contributed by atoms with E-state index in [-0.39, 0.29) is 12.1 Å². The lowest BCUT2D eigenvalue weighted by atomic mass is 10.2. The van der Waals surface area contributed by atoms with E-state index >= 15 is 0 Å². The molecule has 0 atom stereocenters. The molecule has 0 aliphatic heterocycles. The number of benzene rings is 2. The predicted molar refractivity (Wildman–Crippen MR) is 92.6 cm³/mol. The van der Waals surface area contributed by atoms with Gasteiger partial charge in [-0.2, -0.15) is 13.9 Å². The maximum atomic E-state index is 13.7. The fraction of sp³-hybridized carbons (Fsp3) is 0.167. The molecule has 1 amide bonds. The van der Waals surface area contributed by atoms with E-state index in [9.17, 15) is 18.0 Å². The Morgan fingerprint density at radius 3 is 2.75 bits per heavy atom. The Labute approximate surface area is 157 Å². The van der Waals surface area contributed by atoms with Gasteiger partial charge in [0, 0.05) is 0 Å². The fourth-order valence-electron chi connectivity index (χ4n) is 2.48. The summed E-state index contributed by atoms with van der Waals surface area (Å²) in [5.74, 6) is -1.44. The van der Waals surface area contributed by atoms with Crippen LogP contribution in [0.1, 0.15) is 16.2 Å². The van der Waals surface area contributed by atoms with Crippen molar-refractivity contribution >= 4 is 5.91 Å². The van der Waals surface area contributed by atoms with Gasteiger partial charge in [-0.05, 0) is 24.3 Å². The molecule has 28 heavy (non-hydrogen) atoms. The van der Waals surface area contributed by atoms with Crippen LogP contribution in [0, 0.1) is 5.82 Å². The molecule has 146 valence electrons. The number of nitrogens with zero attached hydrogens (tertiary/aromatic N) is 2. The summed E-state index contributed by atoms with van der Waals surface area (Å²) in [4.78, 5) is 16.5. The molecule has 1 heterocycles. The fourth-order valence-corrected chi connectivity index (χ4v) is 2.48. The summed E-state index contributed by atoms with van der Waals surface area (Å²) in [6.45, 7) is -3.35. The lowest BCUT2D eigenvalue weighted by Crippen LogP contribution is -2.24. The van der Waals surface area contributed by atoms with Crippen LogP contribution < -0.4 is 14.8 Å². The number of aromatic nitrogens is 3. The molecule has 0 saturated carbocycles. The average Bonchev–Trinajstić information content (AvgIpc) is 3.16. The highest BCUT2D eigenvalue weighted by Gasteiger charge is 2.20. The standard InChI is InChI=1S/C18H15F3N4O3/c1-27-13-8-3-2-5-10(13)16-23-14(24-25-16)9-22-17(26)11-6-4-7-12(19)15(11)28-18(20)21/h2-8,18H,9H2,1H3,(H,22,26)(H,23,24,25). The molecule has 10 heteroatoms. The summed E-state index contributed by atoms with van der Waals surface area (Å²) in [7, 11) is 1.52. The molecule has 0 bridgehead atoms. The summed E-state index contributed by atoms with van der Waals surface area (Å²) in [6.07, 6.45) is 0. The van der Waals surface area contributed by atoms with Gasteiger partial charge in [-0.3, -0.25) is 9.89 Å². The van der Waals surface area contributed by atoms with Gasteiger partial charge in [0.2, 0.25) is 0 Å². The van der Waals surface area contributed by atoms with Crippen molar-refractivity contribution in [2.45, 2.75) is 13.2 Å². The van der Waals surface area contributed by atoms with Gasteiger partial charge in [-0.15, -0.1) is 0 Å². The number of amides is 1. The van der Waals surface area contributed by atoms with Gasteiger partial charge >= 0.3 is 6.61 Å². The molecule has 0 spiro atoms. The molecule has 2 N–H and O–H groups in total. The van der Waals surface area contributed by atoms with Crippen molar-refractivity contribution in [1.29, 1.82) is 0 Å². The number of para-hydroxylation sites is 2. The minimum absolute atomic E-state index is 0.0917. The maximum Gasteiger partial charge on any atom is 0.387 e. The second kappa shape index (κ2) is 8.42. The zero-order chi connectivity index (χ0) is 20.1. The van der Waals surface area contributed by atoms with Crippen molar-refractivity contribution in [3.8, 4) is 22.9 Å². The molecule has 3 aromatic rings. The number of methoxy groups -OCH3 is 1. The smallest absolute Gasteiger partial charge is 0.387 e. The van der Waals surface area contributed by atoms with E-state index in [4.69, 9.17) is 4.74 Å². The van der Waals surface area contributed by atoms with E-state index in [1.54, 1.807) is 24.3 Å². The summed E-state index contributed by atoms with van der Waals surface area (Å²) < 4.78 is 48.0. The Morgan fingerprint density at radius 2 is 2.00 bits per heavy atom. The first kappa shape index (κ1) is 19.2. The van der Waals surface area contributed by atoms with Gasteiger partial charge in [0.05, 0.1) is 24.8 Å². The molecule has 7 nitrogen and oxygen atoms in total. The Kier molecular flexibility index (Phi) is 5.78. The molecule has 0 radical (unpaired) electrons. The number of halogens is 3. The monoisotopic (exact) mass is 392 g/mol. The first-order valence-electron chi connectivity index (χ1n) is 8.05. The normalized spacial score (nSPS) is 10.8. The summed E-state index contributed by atoms with van der Waals surface area (Å²) in [6, 6.07) is 10.4. The van der Waals surface area contributed by atoms with Crippen LogP contribution in [-0.2, 0) is 6.54 Å². The first-order chi connectivity index (χ1) is 13.5. The second-order valence-electron chi connectivity index (χ2n) is 5.48. The molecule has 2 aromatic carbocycles. The number of carbonyl (C=O) groups is 1. The van der Waals surface area contributed by atoms with Gasteiger partial charge in [-0.1, -0.05) is 18.2 Å². The number of hydrogen-bond acceptors (Lipinski definition) is 5. The van der Waals surface area contributed by atoms with Crippen LogP contribution in [0.2, 0.25) is 0 Å². The van der Waals surface area contributed by atoms with E-state index in [1.807, 2.05) is 0 Å². The molecule has 0 aliphatic rings. The van der Waals surface area contributed by atoms with Crippen molar-refractivity contribution in [3.63, 3.8) is 0 Å². The van der Waals surface area contributed by atoms with Crippen LogP contribution in [0.15, 0.2) is 42.5 Å². The number of alkyl halides is 2. The van der Waals surface area contributed by atoms with E-state index in [2.05, 4.69) is 25.2 Å². The van der Waals surface area contributed by atoms with Gasteiger partial charge in [0.1, 0.15) is 11.6 Å². The molecule has 1 aromatic heterocycles. The van der Waals surface area contributed by atoms with Crippen LogP contribution in [0.25, 0.3) is 11.4 Å². The van der Waals surface area contributed by atoms with Gasteiger partial charge in [-0.25, -0.2) is 9.37 Å². The Hall–Kier alpha value is -3.56. The molecule has 0 saturated heterocycles. The Balaban J connectivity index is 1.73. The number of ether oxygens (including phenoxy) is 2. The van der Waals surface area contributed by atoms with Crippen LogP contribution in [0.4, 0.5) is 13.2 Å². The van der Waals surface area contributed by atoms with Crippen molar-refractivity contribution in [2.24, 2.45) is 0 Å². The third-order valence-electron chi connectivity index (χ3n) is 3.71. The number of hydrogen-bond donors (Lipinski definition) is 2. The Morgan fingerprint density at radius 1 is 1.21 bits per heavy atom. The molecule has 0 unspecified atom stereocenters. The van der Waals surface area contributed by atoms with Gasteiger partial charge in [0.25, 0.3) is 5.91 Å². The highest BCUT2D eigenvalue weighted by molar-refractivity contribution is 5.96. The average molecular weight is 392 g/mol. The zero-order valence-electron chi connectivity index (χ0n) is 14.6. The van der Waals surface area contributed by atoms with Crippen LogP contribution >= 0.6 is 0 Å². The number of H-pyrrole nitrogens is 1. The lowest BCUT2D eigenvalue weighted by Gasteiger charge is -2.11. The van der Waals surface area contributed by atoms with Crippen LogP contribution in [0.3, 0.4) is 0 Å². The van der Waals surface area contributed by atoms with E-state index in [0.29, 0.717) is 23.0 Å². The summed E-state index contributed by atoms with van der Waals surface area (Å²) in [5.41, 5.74) is 0.293.